The molecule has 27 heavy (non-hydrogen) atoms. The second-order valence-electron chi connectivity index (χ2n) is 6.81. The number of anilines is 2. The first-order valence-corrected chi connectivity index (χ1v) is 9.41. The molecular weight excluding hydrogens is 334 g/mol. The summed E-state index contributed by atoms with van der Waals surface area (Å²) in [4.78, 5) is 19.4. The molecule has 0 spiro atoms. The summed E-state index contributed by atoms with van der Waals surface area (Å²) < 4.78 is 0. The van der Waals surface area contributed by atoms with E-state index in [1.54, 1.807) is 6.20 Å². The Morgan fingerprint density at radius 2 is 1.81 bits per heavy atom. The number of para-hydroxylation sites is 1. The van der Waals surface area contributed by atoms with E-state index in [1.165, 1.54) is 11.1 Å². The van der Waals surface area contributed by atoms with Gasteiger partial charge in [0.1, 0.15) is 5.82 Å². The Morgan fingerprint density at radius 1 is 1.04 bits per heavy atom. The molecule has 2 aromatic carbocycles. The standard InChI is InChI=1S/C23H23N3O/c1-2-17-7-5-6-10-21(17)25-23(27)19-11-12-22(24-15-19)26-14-13-18-8-3-4-9-20(18)16-26/h3-12,15H,2,13-14,16H2,1H3,(H,25,27). The molecule has 1 amide bonds. The van der Waals surface area contributed by atoms with E-state index in [0.29, 0.717) is 5.56 Å². The summed E-state index contributed by atoms with van der Waals surface area (Å²) in [6, 6.07) is 20.2. The van der Waals surface area contributed by atoms with Gasteiger partial charge in [0.2, 0.25) is 0 Å². The summed E-state index contributed by atoms with van der Waals surface area (Å²) in [6.45, 7) is 3.89. The fourth-order valence-electron chi connectivity index (χ4n) is 3.54. The molecule has 2 heterocycles. The van der Waals surface area contributed by atoms with Crippen molar-refractivity contribution in [2.45, 2.75) is 26.3 Å². The van der Waals surface area contributed by atoms with Crippen LogP contribution in [-0.2, 0) is 19.4 Å². The number of fused-ring (bicyclic) bond motifs is 1. The summed E-state index contributed by atoms with van der Waals surface area (Å²) in [7, 11) is 0. The summed E-state index contributed by atoms with van der Waals surface area (Å²) in [6.07, 6.45) is 3.57. The lowest BCUT2D eigenvalue weighted by Crippen LogP contribution is -2.31. The Labute approximate surface area is 159 Å². The van der Waals surface area contributed by atoms with Gasteiger partial charge in [-0.15, -0.1) is 0 Å². The van der Waals surface area contributed by atoms with Crippen molar-refractivity contribution < 1.29 is 4.79 Å². The third kappa shape index (κ3) is 3.70. The molecule has 0 unspecified atom stereocenters. The van der Waals surface area contributed by atoms with E-state index in [9.17, 15) is 4.79 Å². The average Bonchev–Trinajstić information content (AvgIpc) is 2.74. The monoisotopic (exact) mass is 357 g/mol. The fraction of sp³-hybridized carbons (Fsp3) is 0.217. The molecule has 1 N–H and O–H groups in total. The number of aromatic nitrogens is 1. The zero-order valence-electron chi connectivity index (χ0n) is 15.5. The van der Waals surface area contributed by atoms with Gasteiger partial charge in [0.05, 0.1) is 5.56 Å². The predicted octanol–water partition coefficient (Wildman–Crippen LogP) is 4.46. The van der Waals surface area contributed by atoms with E-state index in [-0.39, 0.29) is 5.91 Å². The van der Waals surface area contributed by atoms with Crippen LogP contribution in [0.3, 0.4) is 0 Å². The van der Waals surface area contributed by atoms with Crippen LogP contribution in [0, 0.1) is 0 Å². The number of amides is 1. The molecular formula is C23H23N3O. The largest absolute Gasteiger partial charge is 0.352 e. The lowest BCUT2D eigenvalue weighted by atomic mass is 10.00. The molecule has 1 aliphatic heterocycles. The number of pyridine rings is 1. The lowest BCUT2D eigenvalue weighted by molar-refractivity contribution is 0.102. The minimum atomic E-state index is -0.126. The van der Waals surface area contributed by atoms with Crippen molar-refractivity contribution in [3.8, 4) is 0 Å². The summed E-state index contributed by atoms with van der Waals surface area (Å²) in [5.41, 5.74) is 5.33. The Bertz CT molecular complexity index is 950. The second kappa shape index (κ2) is 7.62. The Kier molecular flexibility index (Phi) is 4.88. The highest BCUT2D eigenvalue weighted by atomic mass is 16.1. The van der Waals surface area contributed by atoms with Crippen LogP contribution in [0.15, 0.2) is 66.9 Å². The van der Waals surface area contributed by atoms with Gasteiger partial charge in [-0.05, 0) is 47.7 Å². The van der Waals surface area contributed by atoms with Crippen LogP contribution < -0.4 is 10.2 Å². The number of carbonyl (C=O) groups is 1. The minimum Gasteiger partial charge on any atom is -0.352 e. The Hall–Kier alpha value is -3.14. The van der Waals surface area contributed by atoms with Gasteiger partial charge in [0.15, 0.2) is 0 Å². The molecule has 0 bridgehead atoms. The smallest absolute Gasteiger partial charge is 0.257 e. The van der Waals surface area contributed by atoms with E-state index < -0.39 is 0 Å². The van der Waals surface area contributed by atoms with Gasteiger partial charge >= 0.3 is 0 Å². The Morgan fingerprint density at radius 3 is 2.59 bits per heavy atom. The maximum Gasteiger partial charge on any atom is 0.257 e. The molecule has 1 aromatic heterocycles. The van der Waals surface area contributed by atoms with Crippen LogP contribution >= 0.6 is 0 Å². The number of hydrogen-bond donors (Lipinski definition) is 1. The van der Waals surface area contributed by atoms with Crippen molar-refractivity contribution in [3.63, 3.8) is 0 Å². The van der Waals surface area contributed by atoms with Crippen molar-refractivity contribution in [2.75, 3.05) is 16.8 Å². The molecule has 1 aliphatic rings. The quantitative estimate of drug-likeness (QED) is 0.750. The second-order valence-corrected chi connectivity index (χ2v) is 6.81. The van der Waals surface area contributed by atoms with Crippen LogP contribution in [0.4, 0.5) is 11.5 Å². The number of benzene rings is 2. The number of carbonyl (C=O) groups excluding carboxylic acids is 1. The Balaban J connectivity index is 1.47. The zero-order chi connectivity index (χ0) is 18.6. The van der Waals surface area contributed by atoms with Gasteiger partial charge in [-0.3, -0.25) is 4.79 Å². The molecule has 0 atom stereocenters. The third-order valence-corrected chi connectivity index (χ3v) is 5.11. The van der Waals surface area contributed by atoms with Crippen molar-refractivity contribution in [2.24, 2.45) is 0 Å². The fourth-order valence-corrected chi connectivity index (χ4v) is 3.54. The van der Waals surface area contributed by atoms with Gasteiger partial charge < -0.3 is 10.2 Å². The normalized spacial score (nSPS) is 13.1. The van der Waals surface area contributed by atoms with E-state index in [2.05, 4.69) is 46.4 Å². The summed E-state index contributed by atoms with van der Waals surface area (Å²) in [5, 5.41) is 3.00. The van der Waals surface area contributed by atoms with Crippen LogP contribution in [0.2, 0.25) is 0 Å². The highest BCUT2D eigenvalue weighted by Crippen LogP contribution is 2.23. The predicted molar refractivity (Wildman–Crippen MR) is 109 cm³/mol. The number of nitrogens with one attached hydrogen (secondary N) is 1. The van der Waals surface area contributed by atoms with Gasteiger partial charge in [-0.1, -0.05) is 49.4 Å². The number of hydrogen-bond acceptors (Lipinski definition) is 3. The first-order chi connectivity index (χ1) is 13.2. The molecule has 4 heteroatoms. The number of aryl methyl sites for hydroxylation is 1. The third-order valence-electron chi connectivity index (χ3n) is 5.11. The topological polar surface area (TPSA) is 45.2 Å². The first-order valence-electron chi connectivity index (χ1n) is 9.41. The SMILES string of the molecule is CCc1ccccc1NC(=O)c1ccc(N2CCc3ccccc3C2)nc1. The van der Waals surface area contributed by atoms with Crippen molar-refractivity contribution >= 4 is 17.4 Å². The molecule has 136 valence electrons. The zero-order valence-corrected chi connectivity index (χ0v) is 15.5. The van der Waals surface area contributed by atoms with E-state index >= 15 is 0 Å². The van der Waals surface area contributed by atoms with Crippen molar-refractivity contribution in [1.29, 1.82) is 0 Å². The lowest BCUT2D eigenvalue weighted by Gasteiger charge is -2.29. The van der Waals surface area contributed by atoms with E-state index in [0.717, 1.165) is 43.0 Å². The highest BCUT2D eigenvalue weighted by Gasteiger charge is 2.17. The van der Waals surface area contributed by atoms with Gasteiger partial charge in [0.25, 0.3) is 5.91 Å². The van der Waals surface area contributed by atoms with Crippen LogP contribution in [0.5, 0.6) is 0 Å². The van der Waals surface area contributed by atoms with E-state index in [4.69, 9.17) is 0 Å². The molecule has 4 rings (SSSR count). The van der Waals surface area contributed by atoms with Gasteiger partial charge in [-0.2, -0.15) is 0 Å². The minimum absolute atomic E-state index is 0.126. The maximum absolute atomic E-state index is 12.6. The average molecular weight is 357 g/mol. The van der Waals surface area contributed by atoms with Gasteiger partial charge in [0, 0.05) is 25.0 Å². The summed E-state index contributed by atoms with van der Waals surface area (Å²) >= 11 is 0. The molecule has 0 fully saturated rings. The van der Waals surface area contributed by atoms with Gasteiger partial charge in [-0.25, -0.2) is 4.98 Å². The summed E-state index contributed by atoms with van der Waals surface area (Å²) in [5.74, 6) is 0.786. The molecule has 0 saturated heterocycles. The van der Waals surface area contributed by atoms with E-state index in [1.807, 2.05) is 36.4 Å². The molecule has 0 radical (unpaired) electrons. The van der Waals surface area contributed by atoms with Crippen molar-refractivity contribution in [1.82, 2.24) is 4.98 Å². The molecule has 0 saturated carbocycles. The van der Waals surface area contributed by atoms with Crippen molar-refractivity contribution in [3.05, 3.63) is 89.1 Å². The molecule has 0 aliphatic carbocycles. The molecule has 3 aromatic rings. The highest BCUT2D eigenvalue weighted by molar-refractivity contribution is 6.04. The van der Waals surface area contributed by atoms with Crippen LogP contribution in [0.25, 0.3) is 0 Å². The number of rotatable bonds is 4. The van der Waals surface area contributed by atoms with Crippen LogP contribution in [-0.4, -0.2) is 17.4 Å². The maximum atomic E-state index is 12.6. The number of nitrogens with zero attached hydrogens (tertiary/aromatic N) is 2. The first kappa shape index (κ1) is 17.3. The molecule has 4 nitrogen and oxygen atoms in total. The van der Waals surface area contributed by atoms with Crippen LogP contribution in [0.1, 0.15) is 34.0 Å².